The first kappa shape index (κ1) is 11.5. The molecule has 1 aliphatic carbocycles. The molecule has 1 heterocycles. The molecule has 0 unspecified atom stereocenters. The van der Waals surface area contributed by atoms with Crippen molar-refractivity contribution in [2.24, 2.45) is 0 Å². The number of hydrogen-bond acceptors (Lipinski definition) is 3. The summed E-state index contributed by atoms with van der Waals surface area (Å²) in [6.45, 7) is 4.60. The SMILES string of the molecule is CCOC(=O)C1=C(N2CCCC2)CCCC1. The summed E-state index contributed by atoms with van der Waals surface area (Å²) in [7, 11) is 0. The summed E-state index contributed by atoms with van der Waals surface area (Å²) in [6.07, 6.45) is 6.85. The number of allylic oxidation sites excluding steroid dienone is 1. The van der Waals surface area contributed by atoms with E-state index in [0.29, 0.717) is 6.61 Å². The number of esters is 1. The normalized spacial score (nSPS) is 21.4. The maximum Gasteiger partial charge on any atom is 0.335 e. The van der Waals surface area contributed by atoms with Crippen LogP contribution in [-0.4, -0.2) is 30.6 Å². The molecule has 0 spiro atoms. The molecule has 3 nitrogen and oxygen atoms in total. The number of rotatable bonds is 3. The van der Waals surface area contributed by atoms with Crippen LogP contribution < -0.4 is 0 Å². The fraction of sp³-hybridized carbons (Fsp3) is 0.769. The Labute approximate surface area is 97.5 Å². The summed E-state index contributed by atoms with van der Waals surface area (Å²) in [6, 6.07) is 0. The molecule has 0 aromatic rings. The van der Waals surface area contributed by atoms with Crippen LogP contribution in [0.25, 0.3) is 0 Å². The second-order valence-corrected chi connectivity index (χ2v) is 4.55. The van der Waals surface area contributed by atoms with Gasteiger partial charge in [-0.25, -0.2) is 4.79 Å². The molecule has 0 aromatic heterocycles. The first-order valence-electron chi connectivity index (χ1n) is 6.47. The van der Waals surface area contributed by atoms with Crippen molar-refractivity contribution < 1.29 is 9.53 Å². The minimum Gasteiger partial charge on any atom is -0.463 e. The van der Waals surface area contributed by atoms with E-state index in [0.717, 1.165) is 37.9 Å². The van der Waals surface area contributed by atoms with Crippen molar-refractivity contribution in [2.45, 2.75) is 45.4 Å². The van der Waals surface area contributed by atoms with E-state index < -0.39 is 0 Å². The Morgan fingerprint density at radius 3 is 2.56 bits per heavy atom. The molecule has 0 saturated carbocycles. The molecule has 1 fully saturated rings. The van der Waals surface area contributed by atoms with Crippen molar-refractivity contribution in [1.29, 1.82) is 0 Å². The Morgan fingerprint density at radius 1 is 1.19 bits per heavy atom. The van der Waals surface area contributed by atoms with Gasteiger partial charge in [-0.3, -0.25) is 0 Å². The third-order valence-electron chi connectivity index (χ3n) is 3.45. The number of carbonyl (C=O) groups excluding carboxylic acids is 1. The lowest BCUT2D eigenvalue weighted by Crippen LogP contribution is -2.25. The van der Waals surface area contributed by atoms with Gasteiger partial charge >= 0.3 is 5.97 Å². The molecule has 16 heavy (non-hydrogen) atoms. The van der Waals surface area contributed by atoms with Gasteiger partial charge in [0.05, 0.1) is 12.2 Å². The van der Waals surface area contributed by atoms with Crippen LogP contribution in [0.3, 0.4) is 0 Å². The van der Waals surface area contributed by atoms with Crippen LogP contribution in [0.5, 0.6) is 0 Å². The van der Waals surface area contributed by atoms with Crippen LogP contribution in [0.1, 0.15) is 45.4 Å². The standard InChI is InChI=1S/C13H21NO2/c1-2-16-13(15)11-7-3-4-8-12(11)14-9-5-6-10-14/h2-10H2,1H3. The van der Waals surface area contributed by atoms with E-state index in [1.165, 1.54) is 25.0 Å². The Balaban J connectivity index is 2.16. The minimum atomic E-state index is -0.0795. The Kier molecular flexibility index (Phi) is 3.86. The quantitative estimate of drug-likeness (QED) is 0.688. The smallest absolute Gasteiger partial charge is 0.335 e. The van der Waals surface area contributed by atoms with Gasteiger partial charge in [0.15, 0.2) is 0 Å². The molecule has 1 aliphatic heterocycles. The molecule has 0 atom stereocenters. The van der Waals surface area contributed by atoms with Gasteiger partial charge < -0.3 is 9.64 Å². The van der Waals surface area contributed by atoms with Gasteiger partial charge in [-0.15, -0.1) is 0 Å². The van der Waals surface area contributed by atoms with E-state index >= 15 is 0 Å². The first-order chi connectivity index (χ1) is 7.83. The molecule has 0 bridgehead atoms. The number of hydrogen-bond donors (Lipinski definition) is 0. The number of carbonyl (C=O) groups is 1. The summed E-state index contributed by atoms with van der Waals surface area (Å²) in [4.78, 5) is 14.3. The first-order valence-corrected chi connectivity index (χ1v) is 6.47. The summed E-state index contributed by atoms with van der Waals surface area (Å²) < 4.78 is 5.15. The molecule has 3 heteroatoms. The topological polar surface area (TPSA) is 29.5 Å². The van der Waals surface area contributed by atoms with Crippen molar-refractivity contribution in [3.05, 3.63) is 11.3 Å². The highest BCUT2D eigenvalue weighted by molar-refractivity contribution is 5.89. The second kappa shape index (κ2) is 5.37. The van der Waals surface area contributed by atoms with Gasteiger partial charge in [-0.1, -0.05) is 0 Å². The lowest BCUT2D eigenvalue weighted by Gasteiger charge is -2.27. The molecule has 2 aliphatic rings. The van der Waals surface area contributed by atoms with Crippen LogP contribution in [-0.2, 0) is 9.53 Å². The Bertz CT molecular complexity index is 290. The van der Waals surface area contributed by atoms with Crippen molar-refractivity contribution in [2.75, 3.05) is 19.7 Å². The predicted octanol–water partition coefficient (Wildman–Crippen LogP) is 2.47. The molecular weight excluding hydrogens is 202 g/mol. The van der Waals surface area contributed by atoms with Crippen molar-refractivity contribution in [3.63, 3.8) is 0 Å². The van der Waals surface area contributed by atoms with Crippen LogP contribution in [0.4, 0.5) is 0 Å². The van der Waals surface area contributed by atoms with E-state index in [1.54, 1.807) is 0 Å². The number of ether oxygens (including phenoxy) is 1. The molecule has 0 radical (unpaired) electrons. The third kappa shape index (κ3) is 2.39. The highest BCUT2D eigenvalue weighted by Gasteiger charge is 2.25. The monoisotopic (exact) mass is 223 g/mol. The average molecular weight is 223 g/mol. The summed E-state index contributed by atoms with van der Waals surface area (Å²) in [5, 5.41) is 0. The van der Waals surface area contributed by atoms with Gasteiger partial charge in [0.1, 0.15) is 0 Å². The van der Waals surface area contributed by atoms with Crippen LogP contribution in [0.15, 0.2) is 11.3 Å². The lowest BCUT2D eigenvalue weighted by molar-refractivity contribution is -0.139. The Hall–Kier alpha value is -0.990. The molecule has 0 amide bonds. The van der Waals surface area contributed by atoms with Crippen molar-refractivity contribution >= 4 is 5.97 Å². The maximum absolute atomic E-state index is 11.9. The Morgan fingerprint density at radius 2 is 1.88 bits per heavy atom. The molecule has 0 N–H and O–H groups in total. The number of nitrogens with zero attached hydrogens (tertiary/aromatic N) is 1. The van der Waals surface area contributed by atoms with Gasteiger partial charge in [-0.05, 0) is 45.4 Å². The van der Waals surface area contributed by atoms with Crippen LogP contribution >= 0.6 is 0 Å². The van der Waals surface area contributed by atoms with Crippen LogP contribution in [0, 0.1) is 0 Å². The molecule has 0 aromatic carbocycles. The van der Waals surface area contributed by atoms with Crippen molar-refractivity contribution in [3.8, 4) is 0 Å². The highest BCUT2D eigenvalue weighted by atomic mass is 16.5. The number of likely N-dealkylation sites (tertiary alicyclic amines) is 1. The zero-order chi connectivity index (χ0) is 11.4. The largest absolute Gasteiger partial charge is 0.463 e. The van der Waals surface area contributed by atoms with Gasteiger partial charge in [0.2, 0.25) is 0 Å². The summed E-state index contributed by atoms with van der Waals surface area (Å²) in [5.41, 5.74) is 2.23. The average Bonchev–Trinajstić information content (AvgIpc) is 2.83. The van der Waals surface area contributed by atoms with E-state index in [2.05, 4.69) is 4.90 Å². The maximum atomic E-state index is 11.9. The summed E-state index contributed by atoms with van der Waals surface area (Å²) >= 11 is 0. The van der Waals surface area contributed by atoms with E-state index in [1.807, 2.05) is 6.92 Å². The van der Waals surface area contributed by atoms with E-state index in [-0.39, 0.29) is 5.97 Å². The van der Waals surface area contributed by atoms with Crippen molar-refractivity contribution in [1.82, 2.24) is 4.90 Å². The zero-order valence-electron chi connectivity index (χ0n) is 10.1. The van der Waals surface area contributed by atoms with Gasteiger partial charge in [-0.2, -0.15) is 0 Å². The zero-order valence-corrected chi connectivity index (χ0v) is 10.1. The third-order valence-corrected chi connectivity index (χ3v) is 3.45. The van der Waals surface area contributed by atoms with Crippen LogP contribution in [0.2, 0.25) is 0 Å². The van der Waals surface area contributed by atoms with Gasteiger partial charge in [0.25, 0.3) is 0 Å². The van der Waals surface area contributed by atoms with Gasteiger partial charge in [0, 0.05) is 18.8 Å². The molecule has 90 valence electrons. The second-order valence-electron chi connectivity index (χ2n) is 4.55. The minimum absolute atomic E-state index is 0.0795. The summed E-state index contributed by atoms with van der Waals surface area (Å²) in [5.74, 6) is -0.0795. The fourth-order valence-electron chi connectivity index (χ4n) is 2.66. The molecule has 2 rings (SSSR count). The predicted molar refractivity (Wildman–Crippen MR) is 62.9 cm³/mol. The lowest BCUT2D eigenvalue weighted by atomic mass is 9.95. The van der Waals surface area contributed by atoms with E-state index in [9.17, 15) is 4.79 Å². The fourth-order valence-corrected chi connectivity index (χ4v) is 2.66. The molecular formula is C13H21NO2. The van der Waals surface area contributed by atoms with E-state index in [4.69, 9.17) is 4.74 Å². The molecule has 1 saturated heterocycles. The highest BCUT2D eigenvalue weighted by Crippen LogP contribution is 2.30.